The second-order valence-electron chi connectivity index (χ2n) is 5.53. The Morgan fingerprint density at radius 1 is 1.54 bits per heavy atom. The van der Waals surface area contributed by atoms with Gasteiger partial charge < -0.3 is 15.0 Å². The van der Waals surface area contributed by atoms with Gasteiger partial charge >= 0.3 is 0 Å². The monoisotopic (exact) mass is 383 g/mol. The Hall–Kier alpha value is -2.75. The number of nitro benzene ring substituents is 1. The van der Waals surface area contributed by atoms with Gasteiger partial charge in [-0.3, -0.25) is 14.9 Å². The number of hydrogen-bond donors (Lipinski definition) is 2. The number of ether oxygens (including phenoxy) is 1. The summed E-state index contributed by atoms with van der Waals surface area (Å²) >= 11 is 0. The molecule has 1 aromatic carbocycles. The largest absolute Gasteiger partial charge is 0.377 e. The van der Waals surface area contributed by atoms with Crippen molar-refractivity contribution in [1.29, 1.82) is 5.26 Å². The minimum atomic E-state index is -4.06. The Morgan fingerprint density at radius 3 is 2.88 bits per heavy atom. The zero-order valence-corrected chi connectivity index (χ0v) is 14.4. The average molecular weight is 383 g/mol. The Bertz CT molecular complexity index is 850. The van der Waals surface area contributed by atoms with E-state index in [0.717, 1.165) is 12.1 Å². The summed E-state index contributed by atoms with van der Waals surface area (Å²) in [6.07, 6.45) is -0.649. The number of nitrogens with two attached hydrogens (primary N) is 1. The van der Waals surface area contributed by atoms with E-state index < -0.39 is 26.7 Å². The first kappa shape index (κ1) is 19.6. The highest BCUT2D eigenvalue weighted by Crippen LogP contribution is 2.27. The summed E-state index contributed by atoms with van der Waals surface area (Å²) in [7, 11) is -4.06. The molecule has 1 heterocycles. The zero-order valence-electron chi connectivity index (χ0n) is 13.6. The molecule has 0 radical (unpaired) electrons. The number of primary sulfonamides is 1. The molecule has 12 heteroatoms. The first-order valence-corrected chi connectivity index (χ1v) is 9.08. The molecule has 0 bridgehead atoms. The number of nitro groups is 1. The van der Waals surface area contributed by atoms with Crippen LogP contribution in [-0.2, 0) is 19.6 Å². The van der Waals surface area contributed by atoms with Crippen LogP contribution in [0, 0.1) is 21.4 Å². The molecule has 1 fully saturated rings. The van der Waals surface area contributed by atoms with E-state index in [1.807, 2.05) is 0 Å². The molecule has 3 N–H and O–H groups in total. The minimum absolute atomic E-state index is 0.103. The molecular weight excluding hydrogens is 366 g/mol. The number of nitrogens with zero attached hydrogens (tertiary/aromatic N) is 3. The van der Waals surface area contributed by atoms with Gasteiger partial charge in [0.1, 0.15) is 12.1 Å². The van der Waals surface area contributed by atoms with Crippen molar-refractivity contribution in [2.45, 2.75) is 17.4 Å². The number of rotatable bonds is 6. The minimum Gasteiger partial charge on any atom is -0.377 e. The fourth-order valence-electron chi connectivity index (χ4n) is 2.46. The molecule has 26 heavy (non-hydrogen) atoms. The molecule has 1 aliphatic heterocycles. The number of nitrogens with one attached hydrogen (secondary N) is 1. The lowest BCUT2D eigenvalue weighted by molar-refractivity contribution is -0.384. The maximum atomic E-state index is 11.8. The Kier molecular flexibility index (Phi) is 6.09. The molecule has 0 aromatic heterocycles. The van der Waals surface area contributed by atoms with Gasteiger partial charge in [-0.15, -0.1) is 0 Å². The molecule has 1 aromatic rings. The summed E-state index contributed by atoms with van der Waals surface area (Å²) in [5, 5.41) is 27.6. The van der Waals surface area contributed by atoms with Crippen LogP contribution < -0.4 is 10.5 Å². The van der Waals surface area contributed by atoms with Crippen LogP contribution in [-0.4, -0.2) is 56.5 Å². The molecule has 0 saturated carbocycles. The lowest BCUT2D eigenvalue weighted by Crippen LogP contribution is -2.47. The highest BCUT2D eigenvalue weighted by molar-refractivity contribution is 7.89. The molecule has 1 saturated heterocycles. The highest BCUT2D eigenvalue weighted by Gasteiger charge is 2.25. The standard InChI is InChI=1S/C14H17N5O6S/c15-4-3-14(20)18-5-6-25-10(9-18)8-17-12-2-1-11(26(16,23)24)7-13(12)19(21)22/h1-2,7,10,17H,3,5-6,8-9H2,(H2,16,23,24). The topological polar surface area (TPSA) is 169 Å². The summed E-state index contributed by atoms with van der Waals surface area (Å²) < 4.78 is 28.2. The summed E-state index contributed by atoms with van der Waals surface area (Å²) in [6.45, 7) is 1.07. The normalized spacial score (nSPS) is 17.4. The molecule has 1 unspecified atom stereocenters. The SMILES string of the molecule is N#CCC(=O)N1CCOC(CNc2ccc(S(N)(=O)=O)cc2[N+](=O)[O-])C1. The molecule has 1 aliphatic rings. The third-order valence-corrected chi connectivity index (χ3v) is 4.65. The number of nitriles is 1. The van der Waals surface area contributed by atoms with E-state index in [0.29, 0.717) is 6.54 Å². The van der Waals surface area contributed by atoms with Gasteiger partial charge in [0.05, 0.1) is 28.6 Å². The number of amides is 1. The maximum absolute atomic E-state index is 11.8. The van der Waals surface area contributed by atoms with Crippen LogP contribution >= 0.6 is 0 Å². The zero-order chi connectivity index (χ0) is 19.3. The molecule has 1 amide bonds. The van der Waals surface area contributed by atoms with E-state index >= 15 is 0 Å². The predicted molar refractivity (Wildman–Crippen MR) is 89.5 cm³/mol. The van der Waals surface area contributed by atoms with Crippen LogP contribution in [0.25, 0.3) is 0 Å². The number of hydrogen-bond acceptors (Lipinski definition) is 8. The fraction of sp³-hybridized carbons (Fsp3) is 0.429. The highest BCUT2D eigenvalue weighted by atomic mass is 32.2. The Labute approximate surface area is 149 Å². The van der Waals surface area contributed by atoms with Crippen molar-refractivity contribution in [2.75, 3.05) is 31.6 Å². The second kappa shape index (κ2) is 8.09. The summed E-state index contributed by atoms with van der Waals surface area (Å²) in [4.78, 5) is 23.4. The number of carbonyl (C=O) groups excluding carboxylic acids is 1. The van der Waals surface area contributed by atoms with Gasteiger partial charge in [0.15, 0.2) is 0 Å². The van der Waals surface area contributed by atoms with E-state index in [4.69, 9.17) is 15.1 Å². The van der Waals surface area contributed by atoms with E-state index in [1.165, 1.54) is 11.0 Å². The fourth-order valence-corrected chi connectivity index (χ4v) is 3.00. The van der Waals surface area contributed by atoms with Crippen molar-refractivity contribution in [3.63, 3.8) is 0 Å². The van der Waals surface area contributed by atoms with Crippen molar-refractivity contribution in [2.24, 2.45) is 5.14 Å². The predicted octanol–water partition coefficient (Wildman–Crippen LogP) is -0.205. The third-order valence-electron chi connectivity index (χ3n) is 3.74. The van der Waals surface area contributed by atoms with Crippen LogP contribution in [0.15, 0.2) is 23.1 Å². The second-order valence-corrected chi connectivity index (χ2v) is 7.09. The van der Waals surface area contributed by atoms with Crippen molar-refractivity contribution in [3.05, 3.63) is 28.3 Å². The number of anilines is 1. The van der Waals surface area contributed by atoms with Crippen molar-refractivity contribution < 1.29 is 22.9 Å². The maximum Gasteiger partial charge on any atom is 0.293 e. The summed E-state index contributed by atoms with van der Waals surface area (Å²) in [5.74, 6) is -0.302. The van der Waals surface area contributed by atoms with Gasteiger partial charge in [0, 0.05) is 25.7 Å². The van der Waals surface area contributed by atoms with Gasteiger partial charge in [-0.2, -0.15) is 5.26 Å². The quantitative estimate of drug-likeness (QED) is 0.502. The Morgan fingerprint density at radius 2 is 2.27 bits per heavy atom. The molecule has 2 rings (SSSR count). The molecule has 11 nitrogen and oxygen atoms in total. The lowest BCUT2D eigenvalue weighted by Gasteiger charge is -2.32. The number of carbonyl (C=O) groups is 1. The number of benzene rings is 1. The van der Waals surface area contributed by atoms with Crippen molar-refractivity contribution >= 4 is 27.3 Å². The van der Waals surface area contributed by atoms with Gasteiger partial charge in [-0.1, -0.05) is 0 Å². The number of morpholine rings is 1. The van der Waals surface area contributed by atoms with E-state index in [2.05, 4.69) is 5.32 Å². The lowest BCUT2D eigenvalue weighted by atomic mass is 10.2. The van der Waals surface area contributed by atoms with Gasteiger partial charge in [0.2, 0.25) is 15.9 Å². The van der Waals surface area contributed by atoms with Crippen LogP contribution in [0.2, 0.25) is 0 Å². The first-order valence-electron chi connectivity index (χ1n) is 7.54. The molecule has 140 valence electrons. The first-order chi connectivity index (χ1) is 12.2. The van der Waals surface area contributed by atoms with E-state index in [-0.39, 0.29) is 42.6 Å². The number of sulfonamides is 1. The van der Waals surface area contributed by atoms with Crippen molar-refractivity contribution in [1.82, 2.24) is 4.90 Å². The average Bonchev–Trinajstić information content (AvgIpc) is 2.59. The smallest absolute Gasteiger partial charge is 0.293 e. The third kappa shape index (κ3) is 4.88. The van der Waals surface area contributed by atoms with Gasteiger partial charge in [0.25, 0.3) is 5.69 Å². The molecule has 0 aliphatic carbocycles. The summed E-state index contributed by atoms with van der Waals surface area (Å²) in [6, 6.07) is 5.08. The van der Waals surface area contributed by atoms with E-state index in [9.17, 15) is 23.3 Å². The molecule has 1 atom stereocenters. The van der Waals surface area contributed by atoms with Crippen LogP contribution in [0.3, 0.4) is 0 Å². The van der Waals surface area contributed by atoms with E-state index in [1.54, 1.807) is 6.07 Å². The van der Waals surface area contributed by atoms with Crippen LogP contribution in [0.4, 0.5) is 11.4 Å². The Balaban J connectivity index is 2.08. The van der Waals surface area contributed by atoms with Crippen LogP contribution in [0.1, 0.15) is 6.42 Å². The summed E-state index contributed by atoms with van der Waals surface area (Å²) in [5.41, 5.74) is -0.337. The van der Waals surface area contributed by atoms with Crippen LogP contribution in [0.5, 0.6) is 0 Å². The molecule has 0 spiro atoms. The molecular formula is C14H17N5O6S. The van der Waals surface area contributed by atoms with Gasteiger partial charge in [-0.05, 0) is 12.1 Å². The van der Waals surface area contributed by atoms with Gasteiger partial charge in [-0.25, -0.2) is 13.6 Å². The van der Waals surface area contributed by atoms with Crippen molar-refractivity contribution in [3.8, 4) is 6.07 Å².